The number of nitrogens with one attached hydrogen (secondary N) is 1. The molecular formula is C11H22N2OS. The SMILES string of the molecule is CC[C@@H](N)C(=O)NC1CCCCC1SC. The van der Waals surface area contributed by atoms with Crippen molar-refractivity contribution in [2.75, 3.05) is 6.26 Å². The van der Waals surface area contributed by atoms with Crippen LogP contribution in [0.25, 0.3) is 0 Å². The third-order valence-corrected chi connectivity index (χ3v) is 4.28. The lowest BCUT2D eigenvalue weighted by atomic mass is 9.94. The Bertz CT molecular complexity index is 211. The van der Waals surface area contributed by atoms with Crippen molar-refractivity contribution in [3.05, 3.63) is 0 Å². The molecule has 0 aliphatic heterocycles. The van der Waals surface area contributed by atoms with Gasteiger partial charge in [0.05, 0.1) is 6.04 Å². The molecule has 0 spiro atoms. The molecule has 0 saturated heterocycles. The molecule has 1 amide bonds. The van der Waals surface area contributed by atoms with Crippen LogP contribution in [0.15, 0.2) is 0 Å². The molecule has 0 aromatic heterocycles. The van der Waals surface area contributed by atoms with E-state index in [0.29, 0.717) is 17.7 Å². The summed E-state index contributed by atoms with van der Waals surface area (Å²) in [6, 6.07) is -0.00622. The first kappa shape index (κ1) is 12.8. The van der Waals surface area contributed by atoms with Crippen molar-refractivity contribution < 1.29 is 4.79 Å². The van der Waals surface area contributed by atoms with E-state index in [1.165, 1.54) is 19.3 Å². The maximum atomic E-state index is 11.7. The summed E-state index contributed by atoms with van der Waals surface area (Å²) in [6.07, 6.45) is 7.67. The van der Waals surface area contributed by atoms with E-state index in [4.69, 9.17) is 5.73 Å². The van der Waals surface area contributed by atoms with Crippen molar-refractivity contribution in [1.29, 1.82) is 0 Å². The molecule has 0 bridgehead atoms. The predicted octanol–water partition coefficient (Wildman–Crippen LogP) is 1.51. The normalized spacial score (nSPS) is 28.5. The van der Waals surface area contributed by atoms with Gasteiger partial charge in [-0.1, -0.05) is 19.8 Å². The van der Waals surface area contributed by atoms with Crippen LogP contribution in [-0.4, -0.2) is 29.5 Å². The zero-order valence-electron chi connectivity index (χ0n) is 9.66. The van der Waals surface area contributed by atoms with Crippen LogP contribution >= 0.6 is 11.8 Å². The second-order valence-corrected chi connectivity index (χ2v) is 5.27. The summed E-state index contributed by atoms with van der Waals surface area (Å²) < 4.78 is 0. The van der Waals surface area contributed by atoms with Gasteiger partial charge in [0.25, 0.3) is 0 Å². The van der Waals surface area contributed by atoms with Gasteiger partial charge in [-0.05, 0) is 25.5 Å². The maximum absolute atomic E-state index is 11.7. The molecule has 0 aromatic rings. The minimum absolute atomic E-state index is 0.0171. The smallest absolute Gasteiger partial charge is 0.237 e. The first-order valence-corrected chi connectivity index (χ1v) is 7.06. The van der Waals surface area contributed by atoms with E-state index < -0.39 is 0 Å². The molecule has 88 valence electrons. The van der Waals surface area contributed by atoms with Crippen LogP contribution in [0.4, 0.5) is 0 Å². The van der Waals surface area contributed by atoms with Crippen LogP contribution in [0.2, 0.25) is 0 Å². The van der Waals surface area contributed by atoms with Gasteiger partial charge in [0, 0.05) is 11.3 Å². The molecule has 1 rings (SSSR count). The average molecular weight is 230 g/mol. The van der Waals surface area contributed by atoms with Crippen LogP contribution in [0, 0.1) is 0 Å². The fraction of sp³-hybridized carbons (Fsp3) is 0.909. The van der Waals surface area contributed by atoms with Gasteiger partial charge < -0.3 is 11.1 Å². The highest BCUT2D eigenvalue weighted by Crippen LogP contribution is 2.27. The van der Waals surface area contributed by atoms with E-state index in [-0.39, 0.29) is 11.9 Å². The molecule has 1 saturated carbocycles. The molecule has 1 fully saturated rings. The summed E-state index contributed by atoms with van der Waals surface area (Å²) >= 11 is 1.86. The number of hydrogen-bond acceptors (Lipinski definition) is 3. The molecule has 15 heavy (non-hydrogen) atoms. The van der Waals surface area contributed by atoms with E-state index in [0.717, 1.165) is 6.42 Å². The van der Waals surface area contributed by atoms with Crippen molar-refractivity contribution in [2.45, 2.75) is 56.4 Å². The van der Waals surface area contributed by atoms with Crippen molar-refractivity contribution >= 4 is 17.7 Å². The van der Waals surface area contributed by atoms with Crippen LogP contribution in [0.5, 0.6) is 0 Å². The summed E-state index contributed by atoms with van der Waals surface area (Å²) in [4.78, 5) is 11.7. The highest BCUT2D eigenvalue weighted by Gasteiger charge is 2.26. The Morgan fingerprint density at radius 1 is 1.53 bits per heavy atom. The molecule has 3 atom stereocenters. The van der Waals surface area contributed by atoms with Crippen molar-refractivity contribution in [3.63, 3.8) is 0 Å². The Morgan fingerprint density at radius 3 is 2.80 bits per heavy atom. The number of thioether (sulfide) groups is 1. The molecule has 3 nitrogen and oxygen atoms in total. The zero-order valence-corrected chi connectivity index (χ0v) is 10.5. The quantitative estimate of drug-likeness (QED) is 0.770. The standard InChI is InChI=1S/C11H22N2OS/c1-3-8(12)11(14)13-9-6-4-5-7-10(9)15-2/h8-10H,3-7,12H2,1-2H3,(H,13,14)/t8-,9?,10?/m1/s1. The largest absolute Gasteiger partial charge is 0.351 e. The van der Waals surface area contributed by atoms with E-state index >= 15 is 0 Å². The highest BCUT2D eigenvalue weighted by molar-refractivity contribution is 7.99. The number of carbonyl (C=O) groups is 1. The lowest BCUT2D eigenvalue weighted by molar-refractivity contribution is -0.123. The van der Waals surface area contributed by atoms with E-state index in [1.807, 2.05) is 18.7 Å². The summed E-state index contributed by atoms with van der Waals surface area (Å²) in [5.74, 6) is 0.0171. The van der Waals surface area contributed by atoms with Gasteiger partial charge in [0.15, 0.2) is 0 Å². The van der Waals surface area contributed by atoms with Crippen LogP contribution in [-0.2, 0) is 4.79 Å². The lowest BCUT2D eigenvalue weighted by Crippen LogP contribution is -2.49. The Kier molecular flexibility index (Phi) is 5.47. The topological polar surface area (TPSA) is 55.1 Å². The molecule has 0 heterocycles. The van der Waals surface area contributed by atoms with Crippen molar-refractivity contribution in [1.82, 2.24) is 5.32 Å². The Labute approximate surface area is 96.6 Å². The van der Waals surface area contributed by atoms with Gasteiger partial charge in [-0.2, -0.15) is 11.8 Å². The summed E-state index contributed by atoms with van der Waals surface area (Å²) in [7, 11) is 0. The van der Waals surface area contributed by atoms with Gasteiger partial charge in [0.1, 0.15) is 0 Å². The number of rotatable bonds is 4. The van der Waals surface area contributed by atoms with E-state index in [2.05, 4.69) is 11.6 Å². The molecule has 1 aliphatic rings. The maximum Gasteiger partial charge on any atom is 0.237 e. The zero-order chi connectivity index (χ0) is 11.3. The third-order valence-electron chi connectivity index (χ3n) is 3.11. The average Bonchev–Trinajstić information content (AvgIpc) is 2.28. The summed E-state index contributed by atoms with van der Waals surface area (Å²) in [6.45, 7) is 1.94. The molecule has 0 radical (unpaired) electrons. The molecule has 1 aliphatic carbocycles. The molecular weight excluding hydrogens is 208 g/mol. The second-order valence-electron chi connectivity index (χ2n) is 4.19. The van der Waals surface area contributed by atoms with Gasteiger partial charge in [-0.15, -0.1) is 0 Å². The minimum Gasteiger partial charge on any atom is -0.351 e. The molecule has 4 heteroatoms. The fourth-order valence-electron chi connectivity index (χ4n) is 2.02. The summed E-state index contributed by atoms with van der Waals surface area (Å²) in [5, 5.41) is 3.66. The van der Waals surface area contributed by atoms with E-state index in [9.17, 15) is 4.79 Å². The molecule has 3 N–H and O–H groups in total. The van der Waals surface area contributed by atoms with E-state index in [1.54, 1.807) is 0 Å². The van der Waals surface area contributed by atoms with Gasteiger partial charge in [0.2, 0.25) is 5.91 Å². The minimum atomic E-state index is -0.338. The first-order valence-electron chi connectivity index (χ1n) is 5.77. The Morgan fingerprint density at radius 2 is 2.20 bits per heavy atom. The molecule has 2 unspecified atom stereocenters. The van der Waals surface area contributed by atoms with Crippen LogP contribution < -0.4 is 11.1 Å². The van der Waals surface area contributed by atoms with Gasteiger partial charge in [-0.3, -0.25) is 4.79 Å². The monoisotopic (exact) mass is 230 g/mol. The highest BCUT2D eigenvalue weighted by atomic mass is 32.2. The first-order chi connectivity index (χ1) is 7.19. The van der Waals surface area contributed by atoms with Crippen LogP contribution in [0.3, 0.4) is 0 Å². The Hall–Kier alpha value is -0.220. The van der Waals surface area contributed by atoms with Gasteiger partial charge >= 0.3 is 0 Å². The van der Waals surface area contributed by atoms with Crippen LogP contribution in [0.1, 0.15) is 39.0 Å². The van der Waals surface area contributed by atoms with Gasteiger partial charge in [-0.25, -0.2) is 0 Å². The predicted molar refractivity (Wildman–Crippen MR) is 66.0 cm³/mol. The summed E-state index contributed by atoms with van der Waals surface area (Å²) in [5.41, 5.74) is 5.70. The van der Waals surface area contributed by atoms with Crippen molar-refractivity contribution in [3.8, 4) is 0 Å². The van der Waals surface area contributed by atoms with Crippen molar-refractivity contribution in [2.24, 2.45) is 5.73 Å². The fourth-order valence-corrected chi connectivity index (χ4v) is 2.95. The molecule has 0 aromatic carbocycles. The second kappa shape index (κ2) is 6.38. The number of nitrogens with two attached hydrogens (primary N) is 1. The lowest BCUT2D eigenvalue weighted by Gasteiger charge is -2.31. The number of amides is 1. The third kappa shape index (κ3) is 3.68. The number of carbonyl (C=O) groups excluding carboxylic acids is 1. The number of hydrogen-bond donors (Lipinski definition) is 2. The Balaban J connectivity index is 2.44.